The first kappa shape index (κ1) is 22.3. The van der Waals surface area contributed by atoms with Crippen molar-refractivity contribution in [1.82, 2.24) is 0 Å². The molecule has 3 rings (SSSR count). The first-order valence-electron chi connectivity index (χ1n) is 7.93. The van der Waals surface area contributed by atoms with Crippen molar-refractivity contribution < 1.29 is 40.8 Å². The van der Waals surface area contributed by atoms with E-state index in [1.807, 2.05) is 0 Å². The minimum atomic E-state index is -4.03. The zero-order valence-electron chi connectivity index (χ0n) is 14.9. The number of primary sulfonamides is 1. The van der Waals surface area contributed by atoms with Crippen LogP contribution >= 0.6 is 0 Å². The second kappa shape index (κ2) is 8.59. The number of nitrogens with zero attached hydrogens (tertiary/aromatic N) is 2. The molecule has 11 heteroatoms. The quantitative estimate of drug-likeness (QED) is 0.581. The van der Waals surface area contributed by atoms with E-state index in [0.29, 0.717) is 16.5 Å². The van der Waals surface area contributed by atoms with Gasteiger partial charge in [0.25, 0.3) is 0 Å². The first-order chi connectivity index (χ1) is 13.2. The molecule has 0 fully saturated rings. The van der Waals surface area contributed by atoms with Crippen LogP contribution in [0.5, 0.6) is 11.5 Å². The van der Waals surface area contributed by atoms with E-state index in [-0.39, 0.29) is 39.5 Å². The van der Waals surface area contributed by atoms with Gasteiger partial charge in [0.05, 0.1) is 16.3 Å². The van der Waals surface area contributed by atoms with Crippen LogP contribution < -0.4 is 20.7 Å². The van der Waals surface area contributed by atoms with Crippen LogP contribution in [-0.4, -0.2) is 14.3 Å². The van der Waals surface area contributed by atoms with Gasteiger partial charge < -0.3 is 15.5 Å². The van der Waals surface area contributed by atoms with Crippen molar-refractivity contribution in [2.24, 2.45) is 15.4 Å². The number of rotatable bonds is 4. The number of nitrogens with one attached hydrogen (secondary N) is 1. The summed E-state index contributed by atoms with van der Waals surface area (Å²) in [5, 5.41) is 40.5. The molecule has 0 saturated heterocycles. The van der Waals surface area contributed by atoms with Crippen molar-refractivity contribution in [3.63, 3.8) is 0 Å². The Labute approximate surface area is 177 Å². The number of carbonyl (C=O) groups is 1. The van der Waals surface area contributed by atoms with Crippen molar-refractivity contribution in [2.45, 2.75) is 11.8 Å². The van der Waals surface area contributed by atoms with Crippen LogP contribution in [0.1, 0.15) is 6.92 Å². The van der Waals surface area contributed by atoms with Gasteiger partial charge >= 0.3 is 17.4 Å². The molecular weight excluding hydrogens is 436 g/mol. The van der Waals surface area contributed by atoms with Gasteiger partial charge in [0.1, 0.15) is 0 Å². The summed E-state index contributed by atoms with van der Waals surface area (Å²) in [6, 6.07) is 10.8. The monoisotopic (exact) mass is 450 g/mol. The van der Waals surface area contributed by atoms with Crippen LogP contribution in [0.4, 0.5) is 17.1 Å². The van der Waals surface area contributed by atoms with E-state index >= 15 is 0 Å². The summed E-state index contributed by atoms with van der Waals surface area (Å²) in [5.41, 5.74) is 0.160. The summed E-state index contributed by atoms with van der Waals surface area (Å²) in [5.74, 6) is -1.31. The minimum Gasteiger partial charge on any atom is -0.871 e. The third-order valence-corrected chi connectivity index (χ3v) is 4.73. The number of nitrogens with two attached hydrogens (primary N) is 1. The van der Waals surface area contributed by atoms with Crippen LogP contribution in [0, 0.1) is 0 Å². The summed E-state index contributed by atoms with van der Waals surface area (Å²) in [6.45, 7) is 1.36. The SMILES string of the molecule is CC(=O)Nc1cccc2c(N=Nc3cc(S(N)(=O)=O)ccc3[O-])c([O-])ccc12.[Cr+2]. The largest absolute Gasteiger partial charge is 2.00 e. The molecule has 0 aliphatic carbocycles. The predicted octanol–water partition coefficient (Wildman–Crippen LogP) is 2.01. The van der Waals surface area contributed by atoms with Crippen molar-refractivity contribution in [3.8, 4) is 11.5 Å². The zero-order valence-corrected chi connectivity index (χ0v) is 17.0. The fourth-order valence-electron chi connectivity index (χ4n) is 2.58. The van der Waals surface area contributed by atoms with E-state index in [9.17, 15) is 23.4 Å². The Morgan fingerprint density at radius 2 is 1.69 bits per heavy atom. The van der Waals surface area contributed by atoms with Gasteiger partial charge in [-0.05, 0) is 18.2 Å². The third-order valence-electron chi connectivity index (χ3n) is 3.82. The number of fused-ring (bicyclic) bond motifs is 1. The molecule has 0 radical (unpaired) electrons. The molecule has 0 unspecified atom stereocenters. The van der Waals surface area contributed by atoms with Crippen molar-refractivity contribution in [1.29, 1.82) is 0 Å². The van der Waals surface area contributed by atoms with E-state index in [1.165, 1.54) is 13.0 Å². The second-order valence-corrected chi connectivity index (χ2v) is 7.43. The molecule has 1 amide bonds. The summed E-state index contributed by atoms with van der Waals surface area (Å²) < 4.78 is 22.9. The molecule has 3 aromatic rings. The third kappa shape index (κ3) is 4.90. The molecule has 0 aliphatic rings. The Morgan fingerprint density at radius 1 is 1.00 bits per heavy atom. The van der Waals surface area contributed by atoms with Gasteiger partial charge in [-0.25, -0.2) is 13.6 Å². The average Bonchev–Trinajstić information content (AvgIpc) is 2.61. The molecule has 0 spiro atoms. The fraction of sp³-hybridized carbons (Fsp3) is 0.0556. The van der Waals surface area contributed by atoms with Gasteiger partial charge in [-0.2, -0.15) is 10.2 Å². The Hall–Kier alpha value is -2.97. The van der Waals surface area contributed by atoms with Gasteiger partial charge in [0.15, 0.2) is 0 Å². The fourth-order valence-corrected chi connectivity index (χ4v) is 3.11. The summed E-state index contributed by atoms with van der Waals surface area (Å²) in [7, 11) is -4.03. The first-order valence-corrected chi connectivity index (χ1v) is 9.47. The van der Waals surface area contributed by atoms with Gasteiger partial charge in [0.2, 0.25) is 15.9 Å². The van der Waals surface area contributed by atoms with Crippen molar-refractivity contribution in [2.75, 3.05) is 5.32 Å². The summed E-state index contributed by atoms with van der Waals surface area (Å²) in [4.78, 5) is 11.1. The normalized spacial score (nSPS) is 11.4. The molecule has 0 aromatic heterocycles. The van der Waals surface area contributed by atoms with Crippen LogP contribution in [0.2, 0.25) is 0 Å². The molecule has 0 aliphatic heterocycles. The number of hydrogen-bond acceptors (Lipinski definition) is 7. The second-order valence-electron chi connectivity index (χ2n) is 5.87. The maximum absolute atomic E-state index is 12.3. The zero-order chi connectivity index (χ0) is 20.5. The van der Waals surface area contributed by atoms with Gasteiger partial charge in [-0.1, -0.05) is 41.8 Å². The number of sulfonamides is 1. The standard InChI is InChI=1S/C18H16N4O5S.Cr/c1-10(23)20-14-4-2-3-13-12(14)6-8-17(25)18(13)22-21-15-9-11(28(19,26)27)5-7-16(15)24;/h2-9,24-25H,1H3,(H,20,23)(H2,19,26,27);/q;+2/p-2. The number of amides is 1. The molecule has 0 atom stereocenters. The minimum absolute atomic E-state index is 0. The maximum atomic E-state index is 12.3. The van der Waals surface area contributed by atoms with E-state index < -0.39 is 21.5 Å². The van der Waals surface area contributed by atoms with E-state index in [1.54, 1.807) is 24.3 Å². The average molecular weight is 450 g/mol. The number of carbonyl (C=O) groups excluding carboxylic acids is 1. The summed E-state index contributed by atoms with van der Waals surface area (Å²) >= 11 is 0. The van der Waals surface area contributed by atoms with Crippen LogP contribution in [0.15, 0.2) is 63.7 Å². The smallest absolute Gasteiger partial charge is 0.871 e. The molecule has 0 heterocycles. The van der Waals surface area contributed by atoms with Gasteiger partial charge in [-0.15, -0.1) is 0 Å². The van der Waals surface area contributed by atoms with E-state index in [0.717, 1.165) is 18.2 Å². The molecule has 29 heavy (non-hydrogen) atoms. The molecule has 3 N–H and O–H groups in total. The van der Waals surface area contributed by atoms with E-state index in [4.69, 9.17) is 5.14 Å². The molecule has 0 saturated carbocycles. The van der Waals surface area contributed by atoms with Crippen LogP contribution in [-0.2, 0) is 32.2 Å². The van der Waals surface area contributed by atoms with E-state index in [2.05, 4.69) is 15.5 Å². The number of azo groups is 1. The van der Waals surface area contributed by atoms with Crippen LogP contribution in [0.25, 0.3) is 10.8 Å². The van der Waals surface area contributed by atoms with Crippen molar-refractivity contribution >= 4 is 43.8 Å². The van der Waals surface area contributed by atoms with Crippen molar-refractivity contribution in [3.05, 3.63) is 48.5 Å². The Kier molecular flexibility index (Phi) is 6.61. The molecule has 9 nitrogen and oxygen atoms in total. The predicted molar refractivity (Wildman–Crippen MR) is 99.1 cm³/mol. The Morgan fingerprint density at radius 3 is 2.34 bits per heavy atom. The van der Waals surface area contributed by atoms with Gasteiger partial charge in [0, 0.05) is 23.4 Å². The maximum Gasteiger partial charge on any atom is 2.00 e. The Balaban J connectivity index is 0.00000300. The molecule has 3 aromatic carbocycles. The van der Waals surface area contributed by atoms with Crippen LogP contribution in [0.3, 0.4) is 0 Å². The number of hydrogen-bond donors (Lipinski definition) is 2. The topological polar surface area (TPSA) is 160 Å². The van der Waals surface area contributed by atoms with Gasteiger partial charge in [-0.3, -0.25) is 4.79 Å². The number of anilines is 1. The summed E-state index contributed by atoms with van der Waals surface area (Å²) in [6.07, 6.45) is 0. The molecule has 148 valence electrons. The molecular formula is C18H14CrN4O5S. The number of benzene rings is 3. The molecule has 0 bridgehead atoms. The Bertz CT molecular complexity index is 1230.